The van der Waals surface area contributed by atoms with Gasteiger partial charge >= 0.3 is 5.97 Å². The monoisotopic (exact) mass is 514 g/mol. The van der Waals surface area contributed by atoms with Crippen molar-refractivity contribution >= 4 is 35.0 Å². The summed E-state index contributed by atoms with van der Waals surface area (Å²) < 4.78 is 20.0. The number of likely N-dealkylation sites (tertiary alicyclic amines) is 1. The number of nitrogens with one attached hydrogen (secondary N) is 2. The highest BCUT2D eigenvalue weighted by Gasteiger charge is 2.27. The summed E-state index contributed by atoms with van der Waals surface area (Å²) >= 11 is 1.39. The van der Waals surface area contributed by atoms with Crippen LogP contribution < -0.4 is 10.6 Å². The summed E-state index contributed by atoms with van der Waals surface area (Å²) in [6.45, 7) is 4.23. The van der Waals surface area contributed by atoms with E-state index in [1.807, 2.05) is 0 Å². The van der Waals surface area contributed by atoms with E-state index >= 15 is 0 Å². The van der Waals surface area contributed by atoms with Crippen molar-refractivity contribution in [2.24, 2.45) is 0 Å². The van der Waals surface area contributed by atoms with Crippen LogP contribution in [-0.2, 0) is 33.3 Å². The van der Waals surface area contributed by atoms with Gasteiger partial charge in [0.15, 0.2) is 0 Å². The molecule has 2 N–H and O–H groups in total. The molecule has 1 aromatic heterocycles. The van der Waals surface area contributed by atoms with Crippen LogP contribution in [0.15, 0.2) is 5.38 Å². The Labute approximate surface area is 208 Å². The first-order chi connectivity index (χ1) is 16.8. The topological polar surface area (TPSA) is 145 Å². The van der Waals surface area contributed by atoms with Gasteiger partial charge in [-0.2, -0.15) is 0 Å². The van der Waals surface area contributed by atoms with Gasteiger partial charge < -0.3 is 34.5 Å². The van der Waals surface area contributed by atoms with Crippen molar-refractivity contribution < 1.29 is 38.1 Å². The Hall–Kier alpha value is -2.61. The minimum Gasteiger partial charge on any atom is -0.468 e. The first-order valence-corrected chi connectivity index (χ1v) is 12.3. The molecule has 0 saturated carbocycles. The van der Waals surface area contributed by atoms with Gasteiger partial charge in [-0.15, -0.1) is 11.3 Å². The Morgan fingerprint density at radius 1 is 1.11 bits per heavy atom. The van der Waals surface area contributed by atoms with Crippen molar-refractivity contribution in [1.82, 2.24) is 20.5 Å². The molecule has 1 aliphatic heterocycles. The summed E-state index contributed by atoms with van der Waals surface area (Å²) in [6.07, 6.45) is 1.49. The second kappa shape index (κ2) is 15.4. The van der Waals surface area contributed by atoms with Crippen LogP contribution in [0.4, 0.5) is 0 Å². The third-order valence-electron chi connectivity index (χ3n) is 5.36. The number of thiazole rings is 1. The number of esters is 1. The second-order valence-corrected chi connectivity index (χ2v) is 8.76. The zero-order valence-corrected chi connectivity index (χ0v) is 21.2. The summed E-state index contributed by atoms with van der Waals surface area (Å²) in [7, 11) is 2.83. The van der Waals surface area contributed by atoms with Gasteiger partial charge in [0.1, 0.15) is 24.9 Å². The molecule has 1 fully saturated rings. The van der Waals surface area contributed by atoms with Gasteiger partial charge in [0.05, 0.1) is 38.5 Å². The molecule has 1 atom stereocenters. The van der Waals surface area contributed by atoms with Crippen LogP contribution in [0.3, 0.4) is 0 Å². The fourth-order valence-corrected chi connectivity index (χ4v) is 4.26. The summed E-state index contributed by atoms with van der Waals surface area (Å²) in [5, 5.41) is 7.45. The molecule has 3 amide bonds. The number of hydrogen-bond acceptors (Lipinski definition) is 10. The van der Waals surface area contributed by atoms with Crippen LogP contribution in [-0.4, -0.2) is 107 Å². The van der Waals surface area contributed by atoms with Gasteiger partial charge in [0.25, 0.3) is 5.91 Å². The van der Waals surface area contributed by atoms with Gasteiger partial charge in [-0.3, -0.25) is 19.2 Å². The van der Waals surface area contributed by atoms with Gasteiger partial charge in [-0.05, 0) is 19.8 Å². The number of carbonyl (C=O) groups excluding carboxylic acids is 4. The van der Waals surface area contributed by atoms with Crippen LogP contribution in [0.1, 0.15) is 41.2 Å². The maximum atomic E-state index is 12.5. The second-order valence-electron chi connectivity index (χ2n) is 7.87. The van der Waals surface area contributed by atoms with Crippen LogP contribution >= 0.6 is 11.3 Å². The third kappa shape index (κ3) is 9.88. The molecule has 2 heterocycles. The fourth-order valence-electron chi connectivity index (χ4n) is 3.29. The predicted octanol–water partition coefficient (Wildman–Crippen LogP) is -0.0638. The average Bonchev–Trinajstić information content (AvgIpc) is 3.37. The summed E-state index contributed by atoms with van der Waals surface area (Å²) in [4.78, 5) is 54.2. The Bertz CT molecular complexity index is 841. The molecule has 0 bridgehead atoms. The summed E-state index contributed by atoms with van der Waals surface area (Å²) in [5.74, 6) is -1.45. The molecule has 13 heteroatoms. The van der Waals surface area contributed by atoms with Crippen LogP contribution in [0.5, 0.6) is 0 Å². The number of rotatable bonds is 14. The molecule has 2 rings (SSSR count). The molecule has 1 aromatic rings. The highest BCUT2D eigenvalue weighted by molar-refractivity contribution is 7.09. The van der Waals surface area contributed by atoms with Gasteiger partial charge in [-0.1, -0.05) is 0 Å². The maximum Gasteiger partial charge on any atom is 0.325 e. The zero-order valence-electron chi connectivity index (χ0n) is 20.4. The van der Waals surface area contributed by atoms with Crippen LogP contribution in [0.25, 0.3) is 0 Å². The lowest BCUT2D eigenvalue weighted by atomic mass is 9.97. The fraction of sp³-hybridized carbons (Fsp3) is 0.682. The first-order valence-electron chi connectivity index (χ1n) is 11.4. The van der Waals surface area contributed by atoms with Crippen molar-refractivity contribution in [3.63, 3.8) is 0 Å². The lowest BCUT2D eigenvalue weighted by Crippen LogP contribution is -2.46. The van der Waals surface area contributed by atoms with E-state index < -0.39 is 23.8 Å². The Kier molecular flexibility index (Phi) is 12.6. The molecule has 12 nitrogen and oxygen atoms in total. The molecule has 1 unspecified atom stereocenters. The van der Waals surface area contributed by atoms with E-state index in [4.69, 9.17) is 14.2 Å². The van der Waals surface area contributed by atoms with E-state index in [1.54, 1.807) is 17.4 Å². The average molecular weight is 515 g/mol. The largest absolute Gasteiger partial charge is 0.468 e. The number of nitrogens with zero attached hydrogens (tertiary/aromatic N) is 2. The molecular weight excluding hydrogens is 480 g/mol. The molecule has 35 heavy (non-hydrogen) atoms. The van der Waals surface area contributed by atoms with Crippen LogP contribution in [0.2, 0.25) is 0 Å². The van der Waals surface area contributed by atoms with Gasteiger partial charge in [0, 0.05) is 31.5 Å². The van der Waals surface area contributed by atoms with Gasteiger partial charge in [-0.25, -0.2) is 4.98 Å². The number of hydrogen-bond donors (Lipinski definition) is 2. The van der Waals surface area contributed by atoms with Crippen molar-refractivity contribution in [2.75, 3.05) is 66.9 Å². The molecule has 1 aliphatic rings. The van der Waals surface area contributed by atoms with E-state index in [9.17, 15) is 19.2 Å². The summed E-state index contributed by atoms with van der Waals surface area (Å²) in [6, 6.07) is -0.842. The molecule has 0 spiro atoms. The molecule has 0 aliphatic carbocycles. The highest BCUT2D eigenvalue weighted by atomic mass is 32.1. The van der Waals surface area contributed by atoms with Crippen LogP contribution in [0, 0.1) is 0 Å². The van der Waals surface area contributed by atoms with E-state index in [-0.39, 0.29) is 30.7 Å². The third-order valence-corrected chi connectivity index (χ3v) is 6.36. The molecule has 0 radical (unpaired) electrons. The standard InChI is InChI=1S/C22H34N4O8S/c1-15(20(29)23-12-19(28)32-3)24-21(30)17-14-35-22(25-17)16-4-6-26(7-5-16)18(27)13-34-11-10-33-9-8-31-2/h14-16H,4-13H2,1-3H3,(H,23,29)(H,24,30). The van der Waals surface area contributed by atoms with Crippen molar-refractivity contribution in [3.05, 3.63) is 16.1 Å². The molecule has 1 saturated heterocycles. The number of aromatic nitrogens is 1. The van der Waals surface area contributed by atoms with E-state index in [1.165, 1.54) is 25.4 Å². The van der Waals surface area contributed by atoms with Crippen molar-refractivity contribution in [3.8, 4) is 0 Å². The highest BCUT2D eigenvalue weighted by Crippen LogP contribution is 2.30. The quantitative estimate of drug-likeness (QED) is 0.257. The Morgan fingerprint density at radius 3 is 2.49 bits per heavy atom. The lowest BCUT2D eigenvalue weighted by molar-refractivity contribution is -0.141. The predicted molar refractivity (Wildman–Crippen MR) is 126 cm³/mol. The number of piperidine rings is 1. The first kappa shape index (κ1) is 28.6. The minimum absolute atomic E-state index is 0.0191. The maximum absolute atomic E-state index is 12.5. The minimum atomic E-state index is -0.842. The lowest BCUT2D eigenvalue weighted by Gasteiger charge is -2.31. The number of ether oxygens (including phenoxy) is 4. The zero-order chi connectivity index (χ0) is 25.6. The van der Waals surface area contributed by atoms with E-state index in [0.717, 1.165) is 17.8 Å². The van der Waals surface area contributed by atoms with Gasteiger partial charge in [0.2, 0.25) is 11.8 Å². The Morgan fingerprint density at radius 2 is 1.80 bits per heavy atom. The van der Waals surface area contributed by atoms with Crippen molar-refractivity contribution in [2.45, 2.75) is 31.7 Å². The normalized spacial score (nSPS) is 14.9. The number of methoxy groups -OCH3 is 2. The number of amides is 3. The molecule has 0 aromatic carbocycles. The van der Waals surface area contributed by atoms with E-state index in [0.29, 0.717) is 39.5 Å². The Balaban J connectivity index is 1.71. The molecule has 196 valence electrons. The summed E-state index contributed by atoms with van der Waals surface area (Å²) in [5.41, 5.74) is 0.234. The van der Waals surface area contributed by atoms with E-state index in [2.05, 4.69) is 20.4 Å². The molecular formula is C22H34N4O8S. The van der Waals surface area contributed by atoms with Crippen molar-refractivity contribution in [1.29, 1.82) is 0 Å². The number of carbonyl (C=O) groups is 4. The SMILES string of the molecule is COCCOCCOCC(=O)N1CCC(c2nc(C(=O)NC(C)C(=O)NCC(=O)OC)cs2)CC1. The smallest absolute Gasteiger partial charge is 0.325 e.